The fourth-order valence-electron chi connectivity index (χ4n) is 2.00. The van der Waals surface area contributed by atoms with Gasteiger partial charge in [-0.15, -0.1) is 0 Å². The summed E-state index contributed by atoms with van der Waals surface area (Å²) in [6.07, 6.45) is 3.72. The number of nitrogens with zero attached hydrogens (tertiary/aromatic N) is 2. The number of aromatic nitrogens is 1. The molecular formula is C16H28FN3. The fourth-order valence-corrected chi connectivity index (χ4v) is 2.00. The van der Waals surface area contributed by atoms with Crippen LogP contribution < -0.4 is 10.6 Å². The lowest BCUT2D eigenvalue weighted by atomic mass is 10.1. The van der Waals surface area contributed by atoms with Crippen LogP contribution in [0.2, 0.25) is 0 Å². The number of hydrogen-bond donors (Lipinski definition) is 1. The molecule has 2 N–H and O–H groups in total. The van der Waals surface area contributed by atoms with Gasteiger partial charge in [0.15, 0.2) is 11.6 Å². The first-order chi connectivity index (χ1) is 9.45. The number of halogens is 1. The van der Waals surface area contributed by atoms with Gasteiger partial charge in [-0.2, -0.15) is 0 Å². The first-order valence-electron chi connectivity index (χ1n) is 7.54. The van der Waals surface area contributed by atoms with E-state index in [2.05, 4.69) is 37.6 Å². The van der Waals surface area contributed by atoms with Crippen LogP contribution in [-0.4, -0.2) is 18.1 Å². The quantitative estimate of drug-likeness (QED) is 0.792. The molecule has 114 valence electrons. The van der Waals surface area contributed by atoms with Crippen LogP contribution in [0.3, 0.4) is 0 Å². The Morgan fingerprint density at radius 3 is 2.15 bits per heavy atom. The fraction of sp³-hybridized carbons (Fsp3) is 0.688. The predicted molar refractivity (Wildman–Crippen MR) is 83.2 cm³/mol. The normalized spacial score (nSPS) is 11.4. The van der Waals surface area contributed by atoms with Gasteiger partial charge in [0.2, 0.25) is 0 Å². The van der Waals surface area contributed by atoms with Crippen LogP contribution in [0.5, 0.6) is 0 Å². The van der Waals surface area contributed by atoms with E-state index in [1.165, 1.54) is 0 Å². The van der Waals surface area contributed by atoms with Crippen molar-refractivity contribution in [1.29, 1.82) is 0 Å². The zero-order valence-electron chi connectivity index (χ0n) is 13.2. The molecule has 0 radical (unpaired) electrons. The number of pyridine rings is 1. The summed E-state index contributed by atoms with van der Waals surface area (Å²) < 4.78 is 14.4. The second-order valence-corrected chi connectivity index (χ2v) is 6.16. The van der Waals surface area contributed by atoms with Crippen molar-refractivity contribution in [3.8, 4) is 0 Å². The van der Waals surface area contributed by atoms with Crippen LogP contribution in [0.4, 0.5) is 10.2 Å². The molecule has 20 heavy (non-hydrogen) atoms. The van der Waals surface area contributed by atoms with Crippen LogP contribution in [0.15, 0.2) is 12.3 Å². The Kier molecular flexibility index (Phi) is 6.93. The maximum Gasteiger partial charge on any atom is 0.170 e. The Morgan fingerprint density at radius 2 is 1.70 bits per heavy atom. The van der Waals surface area contributed by atoms with Crippen molar-refractivity contribution in [2.24, 2.45) is 17.6 Å². The lowest BCUT2D eigenvalue weighted by molar-refractivity contribution is 0.520. The van der Waals surface area contributed by atoms with Gasteiger partial charge < -0.3 is 10.6 Å². The van der Waals surface area contributed by atoms with Gasteiger partial charge in [0.25, 0.3) is 0 Å². The molecule has 0 saturated carbocycles. The summed E-state index contributed by atoms with van der Waals surface area (Å²) in [6.45, 7) is 10.6. The molecule has 3 nitrogen and oxygen atoms in total. The summed E-state index contributed by atoms with van der Waals surface area (Å²) >= 11 is 0. The monoisotopic (exact) mass is 281 g/mol. The predicted octanol–water partition coefficient (Wildman–Crippen LogP) is 3.58. The minimum atomic E-state index is -0.262. The minimum Gasteiger partial charge on any atom is -0.354 e. The van der Waals surface area contributed by atoms with Gasteiger partial charge in [-0.25, -0.2) is 9.37 Å². The zero-order valence-corrected chi connectivity index (χ0v) is 13.2. The van der Waals surface area contributed by atoms with E-state index in [1.54, 1.807) is 12.3 Å². The van der Waals surface area contributed by atoms with E-state index >= 15 is 0 Å². The van der Waals surface area contributed by atoms with Crippen molar-refractivity contribution in [1.82, 2.24) is 4.98 Å². The lowest BCUT2D eigenvalue weighted by Gasteiger charge is -2.26. The van der Waals surface area contributed by atoms with Crippen molar-refractivity contribution in [2.45, 2.75) is 47.1 Å². The van der Waals surface area contributed by atoms with E-state index < -0.39 is 0 Å². The summed E-state index contributed by atoms with van der Waals surface area (Å²) in [6, 6.07) is 1.65. The highest BCUT2D eigenvalue weighted by molar-refractivity contribution is 5.43. The topological polar surface area (TPSA) is 42.2 Å². The van der Waals surface area contributed by atoms with Crippen molar-refractivity contribution in [3.63, 3.8) is 0 Å². The molecule has 1 aromatic heterocycles. The average Bonchev–Trinajstić information content (AvgIpc) is 2.39. The summed E-state index contributed by atoms with van der Waals surface area (Å²) in [7, 11) is 0. The van der Waals surface area contributed by atoms with Crippen molar-refractivity contribution in [2.75, 3.05) is 18.0 Å². The second-order valence-electron chi connectivity index (χ2n) is 6.16. The molecule has 0 aliphatic carbocycles. The first kappa shape index (κ1) is 16.9. The number of hydrogen-bond acceptors (Lipinski definition) is 3. The van der Waals surface area contributed by atoms with Gasteiger partial charge in [-0.1, -0.05) is 27.7 Å². The van der Waals surface area contributed by atoms with Gasteiger partial charge in [-0.3, -0.25) is 0 Å². The number of anilines is 1. The third-order valence-electron chi connectivity index (χ3n) is 3.42. The average molecular weight is 281 g/mol. The number of rotatable bonds is 8. The van der Waals surface area contributed by atoms with Crippen LogP contribution in [0, 0.1) is 17.7 Å². The molecule has 0 amide bonds. The van der Waals surface area contributed by atoms with Gasteiger partial charge in [0, 0.05) is 31.4 Å². The van der Waals surface area contributed by atoms with Crippen molar-refractivity contribution < 1.29 is 4.39 Å². The maximum absolute atomic E-state index is 14.4. The van der Waals surface area contributed by atoms with E-state index in [0.717, 1.165) is 25.9 Å². The zero-order chi connectivity index (χ0) is 15.1. The number of nitrogens with two attached hydrogens (primary N) is 1. The summed E-state index contributed by atoms with van der Waals surface area (Å²) in [5.74, 6) is 1.38. The Balaban J connectivity index is 2.90. The van der Waals surface area contributed by atoms with Crippen molar-refractivity contribution in [3.05, 3.63) is 23.6 Å². The Morgan fingerprint density at radius 1 is 1.15 bits per heavy atom. The highest BCUT2D eigenvalue weighted by Gasteiger charge is 2.16. The molecule has 0 saturated heterocycles. The maximum atomic E-state index is 14.4. The minimum absolute atomic E-state index is 0.212. The molecule has 0 aliphatic heterocycles. The Bertz CT molecular complexity index is 393. The molecule has 0 fully saturated rings. The molecule has 1 heterocycles. The van der Waals surface area contributed by atoms with Gasteiger partial charge in [0.05, 0.1) is 0 Å². The molecule has 4 heteroatoms. The van der Waals surface area contributed by atoms with Gasteiger partial charge in [-0.05, 0) is 30.7 Å². The Labute approximate surface area is 122 Å². The molecule has 0 unspecified atom stereocenters. The van der Waals surface area contributed by atoms with E-state index in [-0.39, 0.29) is 12.4 Å². The molecule has 0 bridgehead atoms. The van der Waals surface area contributed by atoms with Crippen molar-refractivity contribution >= 4 is 5.82 Å². The van der Waals surface area contributed by atoms with E-state index in [1.807, 2.05) is 0 Å². The molecule has 0 aromatic carbocycles. The SMILES string of the molecule is CC(C)CCN(CCC(C)C)c1nccc(CN)c1F. The van der Waals surface area contributed by atoms with Crippen LogP contribution in [0.1, 0.15) is 46.1 Å². The molecule has 0 atom stereocenters. The summed E-state index contributed by atoms with van der Waals surface area (Å²) in [5, 5.41) is 0. The summed E-state index contributed by atoms with van der Waals surface area (Å²) in [4.78, 5) is 6.30. The smallest absolute Gasteiger partial charge is 0.170 e. The second kappa shape index (κ2) is 8.20. The third-order valence-corrected chi connectivity index (χ3v) is 3.42. The molecular weight excluding hydrogens is 253 g/mol. The van der Waals surface area contributed by atoms with E-state index in [4.69, 9.17) is 5.73 Å². The molecule has 1 rings (SSSR count). The summed E-state index contributed by atoms with van der Waals surface area (Å²) in [5.41, 5.74) is 6.11. The Hall–Kier alpha value is -1.16. The lowest BCUT2D eigenvalue weighted by Crippen LogP contribution is -2.29. The van der Waals surface area contributed by atoms with Crippen LogP contribution in [0.25, 0.3) is 0 Å². The van der Waals surface area contributed by atoms with Gasteiger partial charge >= 0.3 is 0 Å². The van der Waals surface area contributed by atoms with Gasteiger partial charge in [0.1, 0.15) is 0 Å². The van der Waals surface area contributed by atoms with E-state index in [9.17, 15) is 4.39 Å². The van der Waals surface area contributed by atoms with Crippen LogP contribution >= 0.6 is 0 Å². The third kappa shape index (κ3) is 5.08. The standard InChI is InChI=1S/C16H28FN3/c1-12(2)6-9-20(10-7-13(3)4)16-15(17)14(11-18)5-8-19-16/h5,8,12-13H,6-7,9-11,18H2,1-4H3. The largest absolute Gasteiger partial charge is 0.354 e. The highest BCUT2D eigenvalue weighted by Crippen LogP contribution is 2.21. The first-order valence-corrected chi connectivity index (χ1v) is 7.54. The molecule has 1 aromatic rings. The molecule has 0 aliphatic rings. The highest BCUT2D eigenvalue weighted by atomic mass is 19.1. The van der Waals surface area contributed by atoms with E-state index in [0.29, 0.717) is 23.2 Å². The van der Waals surface area contributed by atoms with Crippen LogP contribution in [-0.2, 0) is 6.54 Å². The molecule has 0 spiro atoms.